The van der Waals surface area contributed by atoms with E-state index in [4.69, 9.17) is 4.99 Å². The molecule has 2 N–H and O–H groups in total. The maximum Gasteiger partial charge on any atom is 0.191 e. The summed E-state index contributed by atoms with van der Waals surface area (Å²) in [5, 5.41) is 6.83. The van der Waals surface area contributed by atoms with E-state index in [1.807, 2.05) is 0 Å². The van der Waals surface area contributed by atoms with E-state index in [1.165, 1.54) is 38.5 Å². The normalized spacial score (nSPS) is 28.4. The molecule has 4 heteroatoms. The highest BCUT2D eigenvalue weighted by molar-refractivity contribution is 14.0. The molecule has 2 aliphatic rings. The molecule has 2 aliphatic carbocycles. The zero-order valence-electron chi connectivity index (χ0n) is 11.7. The van der Waals surface area contributed by atoms with Crippen LogP contribution in [0.25, 0.3) is 0 Å². The Bertz CT molecular complexity index is 264. The van der Waals surface area contributed by atoms with Gasteiger partial charge in [0.05, 0.1) is 0 Å². The second kappa shape index (κ2) is 8.23. The number of nitrogens with zero attached hydrogens (tertiary/aromatic N) is 1. The largest absolute Gasteiger partial charge is 0.357 e. The summed E-state index contributed by atoms with van der Waals surface area (Å²) in [5.41, 5.74) is 0. The molecule has 0 heterocycles. The van der Waals surface area contributed by atoms with E-state index in [2.05, 4.69) is 24.5 Å². The number of rotatable bonds is 4. The minimum atomic E-state index is 0. The van der Waals surface area contributed by atoms with Gasteiger partial charge in [-0.2, -0.15) is 0 Å². The number of nitrogens with one attached hydrogen (secondary N) is 2. The van der Waals surface area contributed by atoms with Gasteiger partial charge in [0.15, 0.2) is 5.96 Å². The molecule has 2 fully saturated rings. The Morgan fingerprint density at radius 3 is 2.50 bits per heavy atom. The van der Waals surface area contributed by atoms with Crippen molar-refractivity contribution in [3.63, 3.8) is 0 Å². The molecule has 106 valence electrons. The van der Waals surface area contributed by atoms with Gasteiger partial charge in [-0.3, -0.25) is 4.99 Å². The van der Waals surface area contributed by atoms with Crippen LogP contribution in [0.5, 0.6) is 0 Å². The molecule has 3 nitrogen and oxygen atoms in total. The number of guanidine groups is 1. The number of hydrogen-bond acceptors (Lipinski definition) is 1. The van der Waals surface area contributed by atoms with Gasteiger partial charge in [-0.15, -0.1) is 24.0 Å². The highest BCUT2D eigenvalue weighted by Crippen LogP contribution is 2.29. The predicted octanol–water partition coefficient (Wildman–Crippen LogP) is 3.15. The molecule has 2 unspecified atom stereocenters. The van der Waals surface area contributed by atoms with Gasteiger partial charge in [-0.05, 0) is 38.0 Å². The van der Waals surface area contributed by atoms with E-state index in [1.54, 1.807) is 0 Å². The molecule has 0 aromatic rings. The molecule has 0 aliphatic heterocycles. The van der Waals surface area contributed by atoms with Crippen molar-refractivity contribution in [1.29, 1.82) is 0 Å². The Labute approximate surface area is 129 Å². The molecular formula is C14H28IN3. The summed E-state index contributed by atoms with van der Waals surface area (Å²) < 4.78 is 0. The van der Waals surface area contributed by atoms with E-state index in [0.29, 0.717) is 6.04 Å². The van der Waals surface area contributed by atoms with Crippen molar-refractivity contribution in [2.24, 2.45) is 16.8 Å². The maximum absolute atomic E-state index is 4.76. The predicted molar refractivity (Wildman–Crippen MR) is 88.7 cm³/mol. The molecule has 2 atom stereocenters. The highest BCUT2D eigenvalue weighted by atomic mass is 127. The summed E-state index contributed by atoms with van der Waals surface area (Å²) in [7, 11) is 0. The number of hydrogen-bond donors (Lipinski definition) is 2. The van der Waals surface area contributed by atoms with E-state index in [0.717, 1.165) is 30.9 Å². The first-order valence-electron chi connectivity index (χ1n) is 7.34. The van der Waals surface area contributed by atoms with E-state index in [9.17, 15) is 0 Å². The molecule has 0 radical (unpaired) electrons. The van der Waals surface area contributed by atoms with Crippen molar-refractivity contribution in [2.75, 3.05) is 13.1 Å². The van der Waals surface area contributed by atoms with Crippen LogP contribution in [0.1, 0.15) is 52.4 Å². The maximum atomic E-state index is 4.76. The van der Waals surface area contributed by atoms with Gasteiger partial charge >= 0.3 is 0 Å². The fourth-order valence-electron chi connectivity index (χ4n) is 2.61. The molecule has 2 rings (SSSR count). The lowest BCUT2D eigenvalue weighted by molar-refractivity contribution is 0.263. The van der Waals surface area contributed by atoms with E-state index in [-0.39, 0.29) is 24.0 Å². The van der Waals surface area contributed by atoms with Gasteiger partial charge in [-0.25, -0.2) is 0 Å². The molecule has 18 heavy (non-hydrogen) atoms. The lowest BCUT2D eigenvalue weighted by atomic mass is 9.80. The first-order valence-corrected chi connectivity index (χ1v) is 7.34. The van der Waals surface area contributed by atoms with Crippen LogP contribution in [0, 0.1) is 11.8 Å². The van der Waals surface area contributed by atoms with Crippen LogP contribution in [-0.4, -0.2) is 25.1 Å². The number of aliphatic imine (C=N–C) groups is 1. The van der Waals surface area contributed by atoms with Crippen LogP contribution in [0.15, 0.2) is 4.99 Å². The Hall–Kier alpha value is 0. The Morgan fingerprint density at radius 2 is 1.89 bits per heavy atom. The van der Waals surface area contributed by atoms with Gasteiger partial charge in [0.1, 0.15) is 0 Å². The van der Waals surface area contributed by atoms with Gasteiger partial charge in [-0.1, -0.05) is 26.2 Å². The summed E-state index contributed by atoms with van der Waals surface area (Å²) >= 11 is 0. The summed E-state index contributed by atoms with van der Waals surface area (Å²) in [4.78, 5) is 4.76. The first-order chi connectivity index (χ1) is 8.29. The van der Waals surface area contributed by atoms with Gasteiger partial charge in [0.2, 0.25) is 0 Å². The highest BCUT2D eigenvalue weighted by Gasteiger charge is 2.23. The van der Waals surface area contributed by atoms with Crippen molar-refractivity contribution in [3.8, 4) is 0 Å². The zero-order chi connectivity index (χ0) is 12.1. The van der Waals surface area contributed by atoms with Gasteiger partial charge in [0, 0.05) is 19.1 Å². The van der Waals surface area contributed by atoms with Crippen LogP contribution in [0.2, 0.25) is 0 Å². The minimum absolute atomic E-state index is 0. The fraction of sp³-hybridized carbons (Fsp3) is 0.929. The minimum Gasteiger partial charge on any atom is -0.357 e. The molecule has 0 saturated heterocycles. The van der Waals surface area contributed by atoms with Crippen molar-refractivity contribution >= 4 is 29.9 Å². The van der Waals surface area contributed by atoms with Crippen LogP contribution >= 0.6 is 24.0 Å². The second-order valence-corrected chi connectivity index (χ2v) is 5.66. The summed E-state index contributed by atoms with van der Waals surface area (Å²) in [6.45, 7) is 6.48. The molecule has 0 spiro atoms. The lowest BCUT2D eigenvalue weighted by Crippen LogP contribution is -2.39. The number of halogens is 1. The van der Waals surface area contributed by atoms with E-state index < -0.39 is 0 Å². The monoisotopic (exact) mass is 365 g/mol. The molecule has 0 bridgehead atoms. The quantitative estimate of drug-likeness (QED) is 0.456. The molecule has 0 amide bonds. The summed E-state index contributed by atoms with van der Waals surface area (Å²) in [5.74, 6) is 2.70. The van der Waals surface area contributed by atoms with Crippen molar-refractivity contribution in [1.82, 2.24) is 10.6 Å². The lowest BCUT2D eigenvalue weighted by Gasteiger charge is -2.27. The third-order valence-corrected chi connectivity index (χ3v) is 4.04. The Balaban J connectivity index is 0.00000162. The third-order valence-electron chi connectivity index (χ3n) is 4.04. The Kier molecular flexibility index (Phi) is 7.34. The van der Waals surface area contributed by atoms with Crippen LogP contribution in [-0.2, 0) is 0 Å². The molecular weight excluding hydrogens is 337 g/mol. The average molecular weight is 365 g/mol. The SMILES string of the molecule is CCNC(=NCC1CCCCC1C)NC1CC1.I. The molecule has 0 aromatic carbocycles. The summed E-state index contributed by atoms with van der Waals surface area (Å²) in [6.07, 6.45) is 8.20. The van der Waals surface area contributed by atoms with Crippen LogP contribution in [0.4, 0.5) is 0 Å². The Morgan fingerprint density at radius 1 is 1.17 bits per heavy atom. The molecule has 2 saturated carbocycles. The zero-order valence-corrected chi connectivity index (χ0v) is 14.1. The second-order valence-electron chi connectivity index (χ2n) is 5.66. The topological polar surface area (TPSA) is 36.4 Å². The third kappa shape index (κ3) is 5.33. The van der Waals surface area contributed by atoms with Gasteiger partial charge in [0.25, 0.3) is 0 Å². The van der Waals surface area contributed by atoms with Gasteiger partial charge < -0.3 is 10.6 Å². The smallest absolute Gasteiger partial charge is 0.191 e. The van der Waals surface area contributed by atoms with Crippen LogP contribution < -0.4 is 10.6 Å². The van der Waals surface area contributed by atoms with Crippen molar-refractivity contribution < 1.29 is 0 Å². The van der Waals surface area contributed by atoms with Crippen molar-refractivity contribution in [3.05, 3.63) is 0 Å². The molecule has 0 aromatic heterocycles. The average Bonchev–Trinajstić information content (AvgIpc) is 3.12. The van der Waals surface area contributed by atoms with Crippen molar-refractivity contribution in [2.45, 2.75) is 58.4 Å². The first kappa shape index (κ1) is 16.1. The summed E-state index contributed by atoms with van der Waals surface area (Å²) in [6, 6.07) is 0.691. The van der Waals surface area contributed by atoms with Crippen LogP contribution in [0.3, 0.4) is 0 Å². The van der Waals surface area contributed by atoms with E-state index >= 15 is 0 Å². The standard InChI is InChI=1S/C14H27N3.HI/c1-3-15-14(17-13-8-9-13)16-10-12-7-5-4-6-11(12)2;/h11-13H,3-10H2,1-2H3,(H2,15,16,17);1H. The fourth-order valence-corrected chi connectivity index (χ4v) is 2.61.